The first kappa shape index (κ1) is 21.8. The number of hydrogen-bond donors (Lipinski definition) is 2. The zero-order valence-electron chi connectivity index (χ0n) is 18.3. The molecule has 3 aliphatic rings. The van der Waals surface area contributed by atoms with Gasteiger partial charge < -0.3 is 19.8 Å². The molecule has 1 aromatic carbocycles. The van der Waals surface area contributed by atoms with Crippen molar-refractivity contribution in [1.29, 1.82) is 0 Å². The minimum absolute atomic E-state index is 0.0520. The second-order valence-corrected chi connectivity index (χ2v) is 9.90. The van der Waals surface area contributed by atoms with Crippen LogP contribution in [-0.2, 0) is 15.1 Å². The van der Waals surface area contributed by atoms with E-state index in [0.717, 1.165) is 31.2 Å². The second kappa shape index (κ2) is 8.58. The van der Waals surface area contributed by atoms with Crippen LogP contribution in [0.4, 0.5) is 0 Å². The number of nitrogens with zero attached hydrogens (tertiary/aromatic N) is 2. The minimum atomic E-state index is -0.876. The minimum Gasteiger partial charge on any atom is -0.389 e. The van der Waals surface area contributed by atoms with Crippen molar-refractivity contribution in [3.63, 3.8) is 0 Å². The third-order valence-electron chi connectivity index (χ3n) is 7.15. The molecule has 1 saturated carbocycles. The predicted octanol–water partition coefficient (Wildman–Crippen LogP) is 2.14. The van der Waals surface area contributed by atoms with Crippen LogP contribution in [-0.4, -0.2) is 76.5 Å². The number of β-amino-alcohol motifs (C(OH)–C–C–N with tert-alkyl or cyclic N) is 1. The Labute approximate surface area is 179 Å². The Balaban J connectivity index is 1.57. The van der Waals surface area contributed by atoms with E-state index >= 15 is 0 Å². The van der Waals surface area contributed by atoms with Crippen molar-refractivity contribution in [3.8, 4) is 0 Å². The molecule has 2 N–H and O–H groups in total. The number of fused-ring (bicyclic) bond motifs is 1. The summed E-state index contributed by atoms with van der Waals surface area (Å²) in [5, 5.41) is 22.1. The molecule has 6 heteroatoms. The van der Waals surface area contributed by atoms with Crippen LogP contribution in [0, 0.1) is 5.92 Å². The summed E-state index contributed by atoms with van der Waals surface area (Å²) >= 11 is 0. The number of piperidine rings is 1. The van der Waals surface area contributed by atoms with Crippen molar-refractivity contribution < 1.29 is 19.7 Å². The van der Waals surface area contributed by atoms with E-state index in [1.807, 2.05) is 35.2 Å². The van der Waals surface area contributed by atoms with E-state index in [1.165, 1.54) is 0 Å². The fourth-order valence-corrected chi connectivity index (χ4v) is 5.79. The molecule has 2 aliphatic heterocycles. The summed E-state index contributed by atoms with van der Waals surface area (Å²) in [4.78, 5) is 17.8. The molecule has 3 fully saturated rings. The van der Waals surface area contributed by atoms with Gasteiger partial charge in [0.25, 0.3) is 0 Å². The van der Waals surface area contributed by atoms with Crippen LogP contribution in [0.3, 0.4) is 0 Å². The van der Waals surface area contributed by atoms with Gasteiger partial charge in [-0.25, -0.2) is 0 Å². The summed E-state index contributed by atoms with van der Waals surface area (Å²) in [7, 11) is 0. The fraction of sp³-hybridized carbons (Fsp3) is 0.708. The smallest absolute Gasteiger partial charge is 0.242 e. The average Bonchev–Trinajstić information content (AvgIpc) is 2.74. The molecule has 0 spiro atoms. The lowest BCUT2D eigenvalue weighted by Crippen LogP contribution is -2.64. The molecule has 2 heterocycles. The number of carbonyl (C=O) groups is 1. The molecular formula is C24H36N2O4. The molecule has 1 unspecified atom stereocenters. The standard InChI is InChI=1S/C24H36N2O4/c1-23(2,28)17-25-14-15-30-16-21(25)22(27)26-13-12-24(29,18-8-4-3-5-9-18)19-10-6-7-11-20(19)26/h3-5,8-9,19-21,28-29H,6-7,10-17H2,1-2H3/t19-,20+,21-,24?/m0/s1. The highest BCUT2D eigenvalue weighted by molar-refractivity contribution is 5.82. The summed E-state index contributed by atoms with van der Waals surface area (Å²) in [6.07, 6.45) is 4.61. The lowest BCUT2D eigenvalue weighted by atomic mass is 9.66. The number of carbonyl (C=O) groups excluding carboxylic acids is 1. The Kier molecular flexibility index (Phi) is 6.22. The number of hydrogen-bond acceptors (Lipinski definition) is 5. The predicted molar refractivity (Wildman–Crippen MR) is 115 cm³/mol. The lowest BCUT2D eigenvalue weighted by Gasteiger charge is -2.53. The van der Waals surface area contributed by atoms with Gasteiger partial charge in [-0.3, -0.25) is 9.69 Å². The van der Waals surface area contributed by atoms with Crippen molar-refractivity contribution in [2.24, 2.45) is 5.92 Å². The highest BCUT2D eigenvalue weighted by Gasteiger charge is 2.51. The molecule has 30 heavy (non-hydrogen) atoms. The topological polar surface area (TPSA) is 73.2 Å². The molecular weight excluding hydrogens is 380 g/mol. The monoisotopic (exact) mass is 416 g/mol. The molecule has 4 atom stereocenters. The summed E-state index contributed by atoms with van der Waals surface area (Å²) in [5.74, 6) is 0.143. The third-order valence-corrected chi connectivity index (χ3v) is 7.15. The first-order chi connectivity index (χ1) is 14.3. The second-order valence-electron chi connectivity index (χ2n) is 9.90. The molecule has 6 nitrogen and oxygen atoms in total. The summed E-state index contributed by atoms with van der Waals surface area (Å²) in [6.45, 7) is 6.16. The largest absolute Gasteiger partial charge is 0.389 e. The zero-order chi connectivity index (χ0) is 21.4. The maximum absolute atomic E-state index is 13.7. The Morgan fingerprint density at radius 2 is 1.93 bits per heavy atom. The summed E-state index contributed by atoms with van der Waals surface area (Å²) < 4.78 is 5.66. The van der Waals surface area contributed by atoms with Crippen LogP contribution in [0.15, 0.2) is 30.3 Å². The van der Waals surface area contributed by atoms with Gasteiger partial charge in [0.2, 0.25) is 5.91 Å². The normalized spacial score (nSPS) is 33.2. The van der Waals surface area contributed by atoms with Gasteiger partial charge >= 0.3 is 0 Å². The number of aliphatic hydroxyl groups is 2. The number of likely N-dealkylation sites (tertiary alicyclic amines) is 1. The van der Waals surface area contributed by atoms with Crippen molar-refractivity contribution in [2.45, 2.75) is 69.2 Å². The Morgan fingerprint density at radius 1 is 1.20 bits per heavy atom. The van der Waals surface area contributed by atoms with Crippen LogP contribution >= 0.6 is 0 Å². The number of benzene rings is 1. The van der Waals surface area contributed by atoms with Crippen LogP contribution < -0.4 is 0 Å². The number of rotatable bonds is 4. The van der Waals surface area contributed by atoms with Gasteiger partial charge in [0.05, 0.1) is 24.4 Å². The van der Waals surface area contributed by atoms with Crippen LogP contribution in [0.25, 0.3) is 0 Å². The van der Waals surface area contributed by atoms with Gasteiger partial charge in [-0.2, -0.15) is 0 Å². The summed E-state index contributed by atoms with van der Waals surface area (Å²) in [5.41, 5.74) is -0.767. The molecule has 166 valence electrons. The van der Waals surface area contributed by atoms with Crippen LogP contribution in [0.1, 0.15) is 51.5 Å². The maximum Gasteiger partial charge on any atom is 0.242 e. The highest BCUT2D eigenvalue weighted by atomic mass is 16.5. The van der Waals surface area contributed by atoms with Gasteiger partial charge in [-0.1, -0.05) is 43.2 Å². The van der Waals surface area contributed by atoms with Gasteiger partial charge in [0.1, 0.15) is 6.04 Å². The van der Waals surface area contributed by atoms with Gasteiger partial charge in [-0.05, 0) is 38.7 Å². The SMILES string of the molecule is CC(C)(O)CN1CCOC[C@H]1C(=O)N1CCC(O)(c2ccccc2)[C@H]2CCCC[C@H]21. The molecule has 0 aromatic heterocycles. The number of morpholine rings is 1. The van der Waals surface area contributed by atoms with E-state index in [0.29, 0.717) is 39.3 Å². The van der Waals surface area contributed by atoms with Crippen molar-refractivity contribution in [1.82, 2.24) is 9.80 Å². The van der Waals surface area contributed by atoms with E-state index in [-0.39, 0.29) is 23.9 Å². The molecule has 0 radical (unpaired) electrons. The van der Waals surface area contributed by atoms with Crippen LogP contribution in [0.5, 0.6) is 0 Å². The van der Waals surface area contributed by atoms with Crippen molar-refractivity contribution in [3.05, 3.63) is 35.9 Å². The van der Waals surface area contributed by atoms with Crippen LogP contribution in [0.2, 0.25) is 0 Å². The summed E-state index contributed by atoms with van der Waals surface area (Å²) in [6, 6.07) is 9.66. The van der Waals surface area contributed by atoms with Crippen molar-refractivity contribution >= 4 is 5.91 Å². The van der Waals surface area contributed by atoms with Gasteiger partial charge in [0.15, 0.2) is 0 Å². The maximum atomic E-state index is 13.7. The lowest BCUT2D eigenvalue weighted by molar-refractivity contribution is -0.165. The van der Waals surface area contributed by atoms with E-state index < -0.39 is 11.2 Å². The molecule has 4 rings (SSSR count). The third kappa shape index (κ3) is 4.28. The Hall–Kier alpha value is -1.47. The Morgan fingerprint density at radius 3 is 2.67 bits per heavy atom. The van der Waals surface area contributed by atoms with Gasteiger partial charge in [-0.15, -0.1) is 0 Å². The van der Waals surface area contributed by atoms with Gasteiger partial charge in [0, 0.05) is 31.6 Å². The molecule has 2 saturated heterocycles. The van der Waals surface area contributed by atoms with E-state index in [1.54, 1.807) is 13.8 Å². The molecule has 1 amide bonds. The average molecular weight is 417 g/mol. The molecule has 1 aliphatic carbocycles. The quantitative estimate of drug-likeness (QED) is 0.787. The Bertz CT molecular complexity index is 734. The number of ether oxygens (including phenoxy) is 1. The number of amides is 1. The van der Waals surface area contributed by atoms with E-state index in [9.17, 15) is 15.0 Å². The zero-order valence-corrected chi connectivity index (χ0v) is 18.3. The fourth-order valence-electron chi connectivity index (χ4n) is 5.79. The molecule has 1 aromatic rings. The van der Waals surface area contributed by atoms with E-state index in [2.05, 4.69) is 4.90 Å². The highest BCUT2D eigenvalue weighted by Crippen LogP contribution is 2.47. The molecule has 0 bridgehead atoms. The first-order valence-electron chi connectivity index (χ1n) is 11.4. The van der Waals surface area contributed by atoms with Crippen molar-refractivity contribution in [2.75, 3.05) is 32.8 Å². The van der Waals surface area contributed by atoms with E-state index in [4.69, 9.17) is 4.74 Å². The first-order valence-corrected chi connectivity index (χ1v) is 11.4.